The summed E-state index contributed by atoms with van der Waals surface area (Å²) in [5, 5.41) is 1.08. The monoisotopic (exact) mass is 667 g/mol. The zero-order valence-electron chi connectivity index (χ0n) is 27.2. The van der Waals surface area contributed by atoms with Gasteiger partial charge in [-0.05, 0) is 121 Å². The van der Waals surface area contributed by atoms with Crippen LogP contribution in [0.3, 0.4) is 0 Å². The first kappa shape index (κ1) is 32.3. The number of benzene rings is 5. The van der Waals surface area contributed by atoms with Crippen LogP contribution in [0.25, 0.3) is 20.5 Å². The van der Waals surface area contributed by atoms with Gasteiger partial charge in [-0.1, -0.05) is 67.1 Å². The maximum atomic E-state index is 12.8. The summed E-state index contributed by atoms with van der Waals surface area (Å²) >= 11 is 1.62. The number of piperidine rings is 1. The van der Waals surface area contributed by atoms with Crippen molar-refractivity contribution in [2.45, 2.75) is 25.7 Å². The molecule has 7 rings (SSSR count). The van der Waals surface area contributed by atoms with E-state index in [-0.39, 0.29) is 0 Å². The topological polar surface area (TPSA) is 65.1 Å². The lowest BCUT2D eigenvalue weighted by Crippen LogP contribution is -2.33. The van der Waals surface area contributed by atoms with E-state index >= 15 is 0 Å². The van der Waals surface area contributed by atoms with Gasteiger partial charge in [-0.3, -0.25) is 4.90 Å². The van der Waals surface area contributed by atoms with Crippen molar-refractivity contribution >= 4 is 33.4 Å². The lowest BCUT2D eigenvalue weighted by molar-refractivity contribution is 0.0725. The molecule has 1 aliphatic rings. The van der Waals surface area contributed by atoms with Crippen molar-refractivity contribution in [3.8, 4) is 27.7 Å². The van der Waals surface area contributed by atoms with Gasteiger partial charge in [0.1, 0.15) is 23.9 Å². The Morgan fingerprint density at radius 3 is 1.94 bits per heavy atom. The Hall–Kier alpha value is -5.24. The largest absolute Gasteiger partial charge is 0.492 e. The molecule has 1 aromatic heterocycles. The van der Waals surface area contributed by atoms with Crippen molar-refractivity contribution in [2.75, 3.05) is 26.2 Å². The summed E-state index contributed by atoms with van der Waals surface area (Å²) in [6.45, 7) is 3.96. The Kier molecular flexibility index (Phi) is 10.1. The molecular weight excluding hydrogens is 631 g/mol. The second-order valence-electron chi connectivity index (χ2n) is 12.2. The van der Waals surface area contributed by atoms with E-state index in [1.807, 2.05) is 84.9 Å². The van der Waals surface area contributed by atoms with Gasteiger partial charge in [-0.25, -0.2) is 9.59 Å². The summed E-state index contributed by atoms with van der Waals surface area (Å²) in [5.41, 5.74) is 4.22. The maximum absolute atomic E-state index is 12.8. The third-order valence-corrected chi connectivity index (χ3v) is 9.97. The summed E-state index contributed by atoms with van der Waals surface area (Å²) < 4.78 is 18.6. The molecule has 0 radical (unpaired) electrons. The highest BCUT2D eigenvalue weighted by Crippen LogP contribution is 2.42. The standard InChI is InChI=1S/C42H37NO5S/c44-41(31-11-4-1-5-12-31)47-35-16-10-15-33(28-35)40-38(27-30-17-19-34(20-18-30)46-26-25-43-23-8-3-9-24-43)37-22-21-36(29-39(37)49-40)48-42(45)32-13-6-2-7-14-32/h1-2,4-7,10-22,28-29H,3,8-9,23-27H2. The minimum Gasteiger partial charge on any atom is -0.492 e. The Bertz CT molecular complexity index is 2030. The number of hydrogen-bond donors (Lipinski definition) is 0. The normalized spacial score (nSPS) is 13.2. The van der Waals surface area contributed by atoms with Crippen molar-refractivity contribution < 1.29 is 23.8 Å². The average molecular weight is 668 g/mol. The molecule has 0 N–H and O–H groups in total. The number of fused-ring (bicyclic) bond motifs is 1. The first-order valence-corrected chi connectivity index (χ1v) is 17.6. The van der Waals surface area contributed by atoms with Crippen LogP contribution >= 0.6 is 11.3 Å². The molecule has 0 saturated carbocycles. The van der Waals surface area contributed by atoms with Crippen molar-refractivity contribution in [3.63, 3.8) is 0 Å². The van der Waals surface area contributed by atoms with Crippen LogP contribution < -0.4 is 14.2 Å². The Labute approximate surface area is 290 Å². The molecule has 0 amide bonds. The zero-order chi connectivity index (χ0) is 33.4. The average Bonchev–Trinajstić information content (AvgIpc) is 3.50. The summed E-state index contributed by atoms with van der Waals surface area (Å²) in [5.74, 6) is 1.02. The van der Waals surface area contributed by atoms with Crippen LogP contribution in [0, 0.1) is 0 Å². The predicted molar refractivity (Wildman–Crippen MR) is 195 cm³/mol. The molecule has 49 heavy (non-hydrogen) atoms. The SMILES string of the molecule is O=C(Oc1cccc(-c2sc3cc(OC(=O)c4ccccc4)ccc3c2Cc2ccc(OCCN3CCCCC3)cc2)c1)c1ccccc1. The predicted octanol–water partition coefficient (Wildman–Crippen LogP) is 9.46. The molecule has 1 aliphatic heterocycles. The smallest absolute Gasteiger partial charge is 0.343 e. The lowest BCUT2D eigenvalue weighted by Gasteiger charge is -2.26. The third-order valence-electron chi connectivity index (χ3n) is 8.73. The number of ether oxygens (including phenoxy) is 3. The van der Waals surface area contributed by atoms with E-state index in [4.69, 9.17) is 14.2 Å². The highest BCUT2D eigenvalue weighted by molar-refractivity contribution is 7.22. The first-order valence-electron chi connectivity index (χ1n) is 16.7. The van der Waals surface area contributed by atoms with Gasteiger partial charge in [0.25, 0.3) is 0 Å². The van der Waals surface area contributed by atoms with E-state index in [2.05, 4.69) is 17.0 Å². The Balaban J connectivity index is 1.15. The fourth-order valence-corrected chi connectivity index (χ4v) is 7.41. The summed E-state index contributed by atoms with van der Waals surface area (Å²) in [6, 6.07) is 39.7. The van der Waals surface area contributed by atoms with Gasteiger partial charge < -0.3 is 14.2 Å². The minimum atomic E-state index is -0.405. The Morgan fingerprint density at radius 2 is 1.27 bits per heavy atom. The van der Waals surface area contributed by atoms with E-state index in [1.165, 1.54) is 19.3 Å². The van der Waals surface area contributed by atoms with Crippen LogP contribution in [0.1, 0.15) is 51.1 Å². The van der Waals surface area contributed by atoms with Crippen molar-refractivity contribution in [3.05, 3.63) is 150 Å². The Morgan fingerprint density at radius 1 is 0.633 bits per heavy atom. The van der Waals surface area contributed by atoms with Gasteiger partial charge in [0.2, 0.25) is 0 Å². The molecule has 1 saturated heterocycles. The van der Waals surface area contributed by atoms with Gasteiger partial charge in [0.15, 0.2) is 0 Å². The van der Waals surface area contributed by atoms with E-state index in [0.717, 1.165) is 57.0 Å². The fourth-order valence-electron chi connectivity index (χ4n) is 6.17. The van der Waals surface area contributed by atoms with Gasteiger partial charge in [0, 0.05) is 16.1 Å². The second kappa shape index (κ2) is 15.3. The number of carbonyl (C=O) groups is 2. The van der Waals surface area contributed by atoms with Crippen molar-refractivity contribution in [1.29, 1.82) is 0 Å². The van der Waals surface area contributed by atoms with E-state index in [0.29, 0.717) is 35.7 Å². The van der Waals surface area contributed by atoms with Crippen molar-refractivity contribution in [1.82, 2.24) is 4.90 Å². The third kappa shape index (κ3) is 8.08. The number of likely N-dealkylation sites (tertiary alicyclic amines) is 1. The highest BCUT2D eigenvalue weighted by atomic mass is 32.1. The molecule has 2 heterocycles. The molecule has 0 unspecified atom stereocenters. The van der Waals surface area contributed by atoms with Gasteiger partial charge in [-0.2, -0.15) is 0 Å². The molecule has 246 valence electrons. The summed E-state index contributed by atoms with van der Waals surface area (Å²) in [4.78, 5) is 29.2. The molecule has 7 heteroatoms. The van der Waals surface area contributed by atoms with Crippen LogP contribution in [0.5, 0.6) is 17.2 Å². The van der Waals surface area contributed by atoms with Gasteiger partial charge >= 0.3 is 11.9 Å². The van der Waals surface area contributed by atoms with E-state index in [9.17, 15) is 9.59 Å². The van der Waals surface area contributed by atoms with Crippen LogP contribution in [-0.4, -0.2) is 43.1 Å². The van der Waals surface area contributed by atoms with Gasteiger partial charge in [0.05, 0.1) is 11.1 Å². The second-order valence-corrected chi connectivity index (χ2v) is 13.2. The lowest BCUT2D eigenvalue weighted by atomic mass is 9.98. The molecule has 0 spiro atoms. The number of hydrogen-bond acceptors (Lipinski definition) is 7. The summed E-state index contributed by atoms with van der Waals surface area (Å²) in [6.07, 6.45) is 4.56. The van der Waals surface area contributed by atoms with E-state index < -0.39 is 11.9 Å². The molecule has 5 aromatic carbocycles. The fraction of sp³-hybridized carbons (Fsp3) is 0.190. The molecule has 6 nitrogen and oxygen atoms in total. The number of rotatable bonds is 11. The highest BCUT2D eigenvalue weighted by Gasteiger charge is 2.18. The van der Waals surface area contributed by atoms with Gasteiger partial charge in [-0.15, -0.1) is 11.3 Å². The van der Waals surface area contributed by atoms with Crippen LogP contribution in [0.2, 0.25) is 0 Å². The molecule has 0 bridgehead atoms. The van der Waals surface area contributed by atoms with Crippen molar-refractivity contribution in [2.24, 2.45) is 0 Å². The van der Waals surface area contributed by atoms with Crippen LogP contribution in [-0.2, 0) is 6.42 Å². The number of carbonyl (C=O) groups excluding carboxylic acids is 2. The van der Waals surface area contributed by atoms with E-state index in [1.54, 1.807) is 41.7 Å². The molecule has 1 fully saturated rings. The maximum Gasteiger partial charge on any atom is 0.343 e. The quantitative estimate of drug-likeness (QED) is 0.101. The number of esters is 2. The van der Waals surface area contributed by atoms with Crippen LogP contribution in [0.15, 0.2) is 127 Å². The molecule has 0 aliphatic carbocycles. The minimum absolute atomic E-state index is 0.400. The molecule has 0 atom stereocenters. The molecular formula is C42H37NO5S. The summed E-state index contributed by atoms with van der Waals surface area (Å²) in [7, 11) is 0. The molecule has 6 aromatic rings. The first-order chi connectivity index (χ1) is 24.1. The number of thiophene rings is 1. The van der Waals surface area contributed by atoms with Crippen LogP contribution in [0.4, 0.5) is 0 Å². The zero-order valence-corrected chi connectivity index (χ0v) is 28.0. The number of nitrogens with zero attached hydrogens (tertiary/aromatic N) is 1.